The van der Waals surface area contributed by atoms with Crippen molar-refractivity contribution < 1.29 is 9.59 Å². The Morgan fingerprint density at radius 3 is 2.76 bits per heavy atom. The number of ketones is 1. The number of hydrogen-bond acceptors (Lipinski definition) is 2. The number of amides is 1. The van der Waals surface area contributed by atoms with Crippen LogP contribution in [0.1, 0.15) is 23.7 Å². The van der Waals surface area contributed by atoms with Crippen molar-refractivity contribution in [3.8, 4) is 0 Å². The number of Topliss-reactive ketones (excluding diaryl/α,β-unsaturated/α-hetero) is 1. The maximum Gasteiger partial charge on any atom is 0.255 e. The predicted molar refractivity (Wildman–Crippen MR) is 68.8 cm³/mol. The first-order valence-electron chi connectivity index (χ1n) is 5.66. The van der Waals surface area contributed by atoms with Crippen molar-refractivity contribution in [3.63, 3.8) is 0 Å². The maximum absolute atomic E-state index is 12.3. The first-order valence-corrected chi connectivity index (χ1v) is 6.45. The standard InChI is InChI=1S/C13H14BrNO2/c1-9-8-15(7-6-12(9)16)13(17)10-4-2-3-5-11(10)14/h2-5,9H,6-8H2,1H3. The number of nitrogens with zero attached hydrogens (tertiary/aromatic N) is 1. The van der Waals surface area contributed by atoms with E-state index in [-0.39, 0.29) is 17.6 Å². The number of rotatable bonds is 1. The van der Waals surface area contributed by atoms with Crippen LogP contribution in [0.2, 0.25) is 0 Å². The molecule has 2 rings (SSSR count). The first kappa shape index (κ1) is 12.3. The second-order valence-corrected chi connectivity index (χ2v) is 5.20. The minimum Gasteiger partial charge on any atom is -0.337 e. The van der Waals surface area contributed by atoms with Crippen LogP contribution in [0.5, 0.6) is 0 Å². The summed E-state index contributed by atoms with van der Waals surface area (Å²) in [6.07, 6.45) is 0.470. The van der Waals surface area contributed by atoms with E-state index in [1.54, 1.807) is 11.0 Å². The lowest BCUT2D eigenvalue weighted by Gasteiger charge is -2.30. The summed E-state index contributed by atoms with van der Waals surface area (Å²) in [6.45, 7) is 2.93. The molecule has 1 heterocycles. The minimum absolute atomic E-state index is 0.00294. The lowest BCUT2D eigenvalue weighted by Crippen LogP contribution is -2.43. The summed E-state index contributed by atoms with van der Waals surface area (Å²) in [5.41, 5.74) is 0.661. The molecule has 4 heteroatoms. The molecule has 1 aromatic rings. The Kier molecular flexibility index (Phi) is 3.62. The fourth-order valence-corrected chi connectivity index (χ4v) is 2.46. The van der Waals surface area contributed by atoms with Crippen molar-refractivity contribution in [1.29, 1.82) is 0 Å². The molecule has 0 aromatic heterocycles. The Hall–Kier alpha value is -1.16. The van der Waals surface area contributed by atoms with Gasteiger partial charge in [0.05, 0.1) is 5.56 Å². The fraction of sp³-hybridized carbons (Fsp3) is 0.385. The molecule has 0 bridgehead atoms. The van der Waals surface area contributed by atoms with Gasteiger partial charge in [-0.1, -0.05) is 19.1 Å². The lowest BCUT2D eigenvalue weighted by atomic mass is 9.98. The van der Waals surface area contributed by atoms with Crippen LogP contribution in [-0.4, -0.2) is 29.7 Å². The summed E-state index contributed by atoms with van der Waals surface area (Å²) in [5, 5.41) is 0. The first-order chi connectivity index (χ1) is 8.09. The van der Waals surface area contributed by atoms with Crippen LogP contribution in [0.15, 0.2) is 28.7 Å². The van der Waals surface area contributed by atoms with Gasteiger partial charge < -0.3 is 4.90 Å². The zero-order valence-corrected chi connectivity index (χ0v) is 11.2. The molecule has 1 saturated heterocycles. The summed E-state index contributed by atoms with van der Waals surface area (Å²) in [5.74, 6) is 0.202. The molecule has 1 aliphatic rings. The topological polar surface area (TPSA) is 37.4 Å². The number of piperidine rings is 1. The molecule has 0 spiro atoms. The van der Waals surface area contributed by atoms with Crippen LogP contribution in [0.25, 0.3) is 0 Å². The number of carbonyl (C=O) groups is 2. The van der Waals surface area contributed by atoms with E-state index >= 15 is 0 Å². The molecule has 1 fully saturated rings. The molecule has 0 aliphatic carbocycles. The van der Waals surface area contributed by atoms with Crippen LogP contribution in [0.4, 0.5) is 0 Å². The fourth-order valence-electron chi connectivity index (χ4n) is 2.00. The van der Waals surface area contributed by atoms with Gasteiger partial charge in [0.25, 0.3) is 5.91 Å². The highest BCUT2D eigenvalue weighted by atomic mass is 79.9. The molecule has 17 heavy (non-hydrogen) atoms. The SMILES string of the molecule is CC1CN(C(=O)c2ccccc2Br)CCC1=O. The van der Waals surface area contributed by atoms with E-state index in [2.05, 4.69) is 15.9 Å². The van der Waals surface area contributed by atoms with Crippen LogP contribution >= 0.6 is 15.9 Å². The van der Waals surface area contributed by atoms with Gasteiger partial charge in [0.1, 0.15) is 5.78 Å². The van der Waals surface area contributed by atoms with Gasteiger partial charge in [0, 0.05) is 29.9 Å². The zero-order valence-electron chi connectivity index (χ0n) is 9.65. The van der Waals surface area contributed by atoms with Gasteiger partial charge in [0.15, 0.2) is 0 Å². The summed E-state index contributed by atoms with van der Waals surface area (Å²) < 4.78 is 0.801. The molecule has 1 atom stereocenters. The molecule has 0 saturated carbocycles. The summed E-state index contributed by atoms with van der Waals surface area (Å²) in [7, 11) is 0. The van der Waals surface area contributed by atoms with Crippen LogP contribution in [0, 0.1) is 5.92 Å². The molecule has 1 unspecified atom stereocenters. The monoisotopic (exact) mass is 295 g/mol. The van der Waals surface area contributed by atoms with Gasteiger partial charge in [-0.2, -0.15) is 0 Å². The van der Waals surface area contributed by atoms with E-state index in [9.17, 15) is 9.59 Å². The molecule has 0 radical (unpaired) electrons. The second kappa shape index (κ2) is 5.00. The number of carbonyl (C=O) groups excluding carboxylic acids is 2. The Morgan fingerprint density at radius 1 is 1.41 bits per heavy atom. The van der Waals surface area contributed by atoms with Crippen LogP contribution in [0.3, 0.4) is 0 Å². The zero-order chi connectivity index (χ0) is 12.4. The van der Waals surface area contributed by atoms with E-state index in [0.717, 1.165) is 4.47 Å². The molecule has 1 aliphatic heterocycles. The van der Waals surface area contributed by atoms with Crippen molar-refractivity contribution in [2.24, 2.45) is 5.92 Å². The number of hydrogen-bond donors (Lipinski definition) is 0. The van der Waals surface area contributed by atoms with Crippen molar-refractivity contribution in [2.45, 2.75) is 13.3 Å². The molecule has 3 nitrogen and oxygen atoms in total. The van der Waals surface area contributed by atoms with Crippen molar-refractivity contribution >= 4 is 27.6 Å². The number of halogens is 1. The Balaban J connectivity index is 2.16. The van der Waals surface area contributed by atoms with E-state index in [1.165, 1.54) is 0 Å². The molecule has 0 N–H and O–H groups in total. The smallest absolute Gasteiger partial charge is 0.255 e. The Morgan fingerprint density at radius 2 is 2.12 bits per heavy atom. The van der Waals surface area contributed by atoms with Gasteiger partial charge in [0.2, 0.25) is 0 Å². The molecule has 1 amide bonds. The van der Waals surface area contributed by atoms with Gasteiger partial charge in [-0.05, 0) is 28.1 Å². The highest BCUT2D eigenvalue weighted by molar-refractivity contribution is 9.10. The Bertz CT molecular complexity index is 458. The van der Waals surface area contributed by atoms with E-state index < -0.39 is 0 Å². The third kappa shape index (κ3) is 2.57. The number of benzene rings is 1. The Labute approximate surface area is 109 Å². The lowest BCUT2D eigenvalue weighted by molar-refractivity contribution is -0.124. The molecule has 1 aromatic carbocycles. The average Bonchev–Trinajstić information content (AvgIpc) is 2.32. The third-order valence-electron chi connectivity index (χ3n) is 3.06. The van der Waals surface area contributed by atoms with Crippen molar-refractivity contribution in [1.82, 2.24) is 4.90 Å². The molecular formula is C13H14BrNO2. The predicted octanol–water partition coefficient (Wildman–Crippen LogP) is 2.50. The summed E-state index contributed by atoms with van der Waals surface area (Å²) in [4.78, 5) is 25.4. The van der Waals surface area contributed by atoms with Gasteiger partial charge in [-0.25, -0.2) is 0 Å². The van der Waals surface area contributed by atoms with E-state index in [1.807, 2.05) is 25.1 Å². The van der Waals surface area contributed by atoms with Crippen LogP contribution in [-0.2, 0) is 4.79 Å². The normalized spacial score (nSPS) is 20.5. The highest BCUT2D eigenvalue weighted by Crippen LogP contribution is 2.20. The minimum atomic E-state index is -0.0461. The van der Waals surface area contributed by atoms with Gasteiger partial charge in [-0.3, -0.25) is 9.59 Å². The van der Waals surface area contributed by atoms with Crippen LogP contribution < -0.4 is 0 Å². The van der Waals surface area contributed by atoms with E-state index in [0.29, 0.717) is 25.1 Å². The van der Waals surface area contributed by atoms with Gasteiger partial charge >= 0.3 is 0 Å². The number of likely N-dealkylation sites (tertiary alicyclic amines) is 1. The second-order valence-electron chi connectivity index (χ2n) is 4.35. The summed E-state index contributed by atoms with van der Waals surface area (Å²) in [6, 6.07) is 7.37. The van der Waals surface area contributed by atoms with Crippen molar-refractivity contribution in [2.75, 3.05) is 13.1 Å². The quantitative estimate of drug-likeness (QED) is 0.798. The largest absolute Gasteiger partial charge is 0.337 e. The molecule has 90 valence electrons. The van der Waals surface area contributed by atoms with Crippen molar-refractivity contribution in [3.05, 3.63) is 34.3 Å². The third-order valence-corrected chi connectivity index (χ3v) is 3.75. The summed E-state index contributed by atoms with van der Waals surface area (Å²) >= 11 is 3.38. The van der Waals surface area contributed by atoms with Gasteiger partial charge in [-0.15, -0.1) is 0 Å². The highest BCUT2D eigenvalue weighted by Gasteiger charge is 2.27. The maximum atomic E-state index is 12.3. The van der Waals surface area contributed by atoms with E-state index in [4.69, 9.17) is 0 Å². The average molecular weight is 296 g/mol. The molecular weight excluding hydrogens is 282 g/mol.